The van der Waals surface area contributed by atoms with Gasteiger partial charge in [0.15, 0.2) is 0 Å². The smallest absolute Gasteiger partial charge is 0.119 e. The van der Waals surface area contributed by atoms with Crippen LogP contribution in [0.25, 0.3) is 10.9 Å². The van der Waals surface area contributed by atoms with Crippen LogP contribution in [0.5, 0.6) is 5.75 Å². The molecule has 3 fully saturated rings. The Kier molecular flexibility index (Phi) is 5.93. The quantitative estimate of drug-likeness (QED) is 0.576. The number of aromatic nitrogens is 1. The number of rotatable bonds is 7. The predicted molar refractivity (Wildman–Crippen MR) is 126 cm³/mol. The Morgan fingerprint density at radius 2 is 2.03 bits per heavy atom. The molecule has 1 N–H and O–H groups in total. The van der Waals surface area contributed by atoms with E-state index in [1.165, 1.54) is 48.9 Å². The molecular formula is C27H33N3O. The van der Waals surface area contributed by atoms with Crippen LogP contribution in [0.4, 0.5) is 0 Å². The van der Waals surface area contributed by atoms with Gasteiger partial charge in [-0.15, -0.1) is 0 Å². The Bertz CT molecular complexity index is 1020. The highest BCUT2D eigenvalue weighted by atomic mass is 16.5. The molecule has 0 aliphatic carbocycles. The van der Waals surface area contributed by atoms with Crippen LogP contribution in [0.15, 0.2) is 60.8 Å². The zero-order chi connectivity index (χ0) is 21.2. The molecule has 4 nitrogen and oxygen atoms in total. The SMILES string of the molecule is CC[C@H]1CN2CC[C@H]1C[C@H]2[C@@H](NCc1ccccc1)c1ccnc2ccc(OC)cc12. The summed E-state index contributed by atoms with van der Waals surface area (Å²) >= 11 is 0. The molecule has 5 atom stereocenters. The number of hydrogen-bond donors (Lipinski definition) is 1. The van der Waals surface area contributed by atoms with Crippen molar-refractivity contribution in [1.29, 1.82) is 0 Å². The van der Waals surface area contributed by atoms with Crippen LogP contribution in [0.1, 0.15) is 43.4 Å². The highest BCUT2D eigenvalue weighted by molar-refractivity contribution is 5.84. The third-order valence-electron chi connectivity index (χ3n) is 7.53. The van der Waals surface area contributed by atoms with Crippen LogP contribution in [0, 0.1) is 11.8 Å². The van der Waals surface area contributed by atoms with Crippen LogP contribution >= 0.6 is 0 Å². The number of methoxy groups -OCH3 is 1. The van der Waals surface area contributed by atoms with Gasteiger partial charge in [-0.2, -0.15) is 0 Å². The minimum Gasteiger partial charge on any atom is -0.497 e. The summed E-state index contributed by atoms with van der Waals surface area (Å²) in [5.74, 6) is 2.60. The lowest BCUT2D eigenvalue weighted by Gasteiger charge is -2.52. The lowest BCUT2D eigenvalue weighted by molar-refractivity contribution is -0.0162. The van der Waals surface area contributed by atoms with Crippen molar-refractivity contribution in [3.63, 3.8) is 0 Å². The van der Waals surface area contributed by atoms with Gasteiger partial charge < -0.3 is 10.1 Å². The van der Waals surface area contributed by atoms with Crippen molar-refractivity contribution in [3.05, 3.63) is 71.9 Å². The van der Waals surface area contributed by atoms with E-state index in [1.807, 2.05) is 12.3 Å². The standard InChI is InChI=1S/C27H33N3O/c1-3-20-18-30-14-12-21(20)15-26(30)27(29-17-19-7-5-4-6-8-19)23-11-13-28-25-10-9-22(31-2)16-24(23)25/h4-11,13,16,20-21,26-27,29H,3,12,14-15,17-18H2,1-2H3/t20-,21-,26-,27-/m0/s1. The first-order valence-corrected chi connectivity index (χ1v) is 11.7. The maximum atomic E-state index is 5.55. The summed E-state index contributed by atoms with van der Waals surface area (Å²) in [4.78, 5) is 7.39. The fourth-order valence-corrected chi connectivity index (χ4v) is 5.81. The monoisotopic (exact) mass is 415 g/mol. The Morgan fingerprint density at radius 3 is 2.77 bits per heavy atom. The molecule has 3 aromatic rings. The molecule has 1 aromatic heterocycles. The Morgan fingerprint density at radius 1 is 1.16 bits per heavy atom. The zero-order valence-corrected chi connectivity index (χ0v) is 18.6. The van der Waals surface area contributed by atoms with Crippen molar-refractivity contribution < 1.29 is 4.74 Å². The number of benzene rings is 2. The molecule has 162 valence electrons. The number of piperidine rings is 3. The molecule has 31 heavy (non-hydrogen) atoms. The number of hydrogen-bond acceptors (Lipinski definition) is 4. The van der Waals surface area contributed by atoms with Crippen molar-refractivity contribution >= 4 is 10.9 Å². The van der Waals surface area contributed by atoms with Crippen LogP contribution < -0.4 is 10.1 Å². The first-order chi connectivity index (χ1) is 15.3. The van der Waals surface area contributed by atoms with Crippen LogP contribution in [0.3, 0.4) is 0 Å². The minimum atomic E-state index is 0.262. The largest absolute Gasteiger partial charge is 0.497 e. The average Bonchev–Trinajstić information content (AvgIpc) is 2.85. The van der Waals surface area contributed by atoms with E-state index in [1.54, 1.807) is 7.11 Å². The maximum absolute atomic E-state index is 5.55. The second-order valence-corrected chi connectivity index (χ2v) is 9.14. The lowest BCUT2D eigenvalue weighted by atomic mass is 9.72. The molecule has 6 rings (SSSR count). The summed E-state index contributed by atoms with van der Waals surface area (Å²) in [6.45, 7) is 5.68. The van der Waals surface area contributed by atoms with E-state index in [0.29, 0.717) is 6.04 Å². The Balaban J connectivity index is 1.52. The molecular weight excluding hydrogens is 382 g/mol. The van der Waals surface area contributed by atoms with E-state index in [4.69, 9.17) is 4.74 Å². The van der Waals surface area contributed by atoms with Gasteiger partial charge in [0.1, 0.15) is 5.75 Å². The lowest BCUT2D eigenvalue weighted by Crippen LogP contribution is -2.57. The normalized spacial score (nSPS) is 26.1. The van der Waals surface area contributed by atoms with Crippen LogP contribution in [-0.4, -0.2) is 36.1 Å². The average molecular weight is 416 g/mol. The summed E-state index contributed by atoms with van der Waals surface area (Å²) in [6, 6.07) is 20.0. The van der Waals surface area contributed by atoms with E-state index in [0.717, 1.165) is 29.6 Å². The van der Waals surface area contributed by atoms with Crippen molar-refractivity contribution in [2.45, 2.75) is 44.8 Å². The summed E-state index contributed by atoms with van der Waals surface area (Å²) in [5.41, 5.74) is 3.70. The molecule has 0 saturated carbocycles. The van der Waals surface area contributed by atoms with Gasteiger partial charge in [0.25, 0.3) is 0 Å². The van der Waals surface area contributed by atoms with Gasteiger partial charge in [-0.1, -0.05) is 43.7 Å². The van der Waals surface area contributed by atoms with Crippen molar-refractivity contribution in [3.8, 4) is 5.75 Å². The molecule has 3 saturated heterocycles. The van der Waals surface area contributed by atoms with Gasteiger partial charge in [-0.3, -0.25) is 9.88 Å². The number of nitrogens with zero attached hydrogens (tertiary/aromatic N) is 2. The number of fused-ring (bicyclic) bond motifs is 4. The molecule has 0 amide bonds. The van der Waals surface area contributed by atoms with Crippen LogP contribution in [0.2, 0.25) is 0 Å². The summed E-state index contributed by atoms with van der Waals surface area (Å²) in [5, 5.41) is 5.16. The third kappa shape index (κ3) is 4.07. The Hall–Kier alpha value is -2.43. The highest BCUT2D eigenvalue weighted by Gasteiger charge is 2.42. The van der Waals surface area contributed by atoms with Gasteiger partial charge in [0.2, 0.25) is 0 Å². The fourth-order valence-electron chi connectivity index (χ4n) is 5.81. The summed E-state index contributed by atoms with van der Waals surface area (Å²) < 4.78 is 5.55. The number of nitrogens with one attached hydrogen (secondary N) is 1. The summed E-state index contributed by atoms with van der Waals surface area (Å²) in [6.07, 6.45) is 5.89. The number of pyridine rings is 1. The molecule has 4 heterocycles. The molecule has 0 spiro atoms. The molecule has 1 unspecified atom stereocenters. The van der Waals surface area contributed by atoms with E-state index in [9.17, 15) is 0 Å². The van der Waals surface area contributed by atoms with Crippen LogP contribution in [-0.2, 0) is 6.54 Å². The molecule has 0 radical (unpaired) electrons. The van der Waals surface area contributed by atoms with Crippen molar-refractivity contribution in [1.82, 2.24) is 15.2 Å². The van der Waals surface area contributed by atoms with E-state index in [-0.39, 0.29) is 6.04 Å². The highest BCUT2D eigenvalue weighted by Crippen LogP contribution is 2.43. The van der Waals surface area contributed by atoms with E-state index >= 15 is 0 Å². The van der Waals surface area contributed by atoms with Gasteiger partial charge in [0.05, 0.1) is 12.6 Å². The zero-order valence-electron chi connectivity index (χ0n) is 18.6. The molecule has 2 bridgehead atoms. The van der Waals surface area contributed by atoms with Gasteiger partial charge in [0, 0.05) is 36.8 Å². The number of ether oxygens (including phenoxy) is 1. The van der Waals surface area contributed by atoms with E-state index in [2.05, 4.69) is 70.7 Å². The van der Waals surface area contributed by atoms with Gasteiger partial charge in [-0.25, -0.2) is 0 Å². The minimum absolute atomic E-state index is 0.262. The summed E-state index contributed by atoms with van der Waals surface area (Å²) in [7, 11) is 1.74. The Labute approximate surface area is 185 Å². The first kappa shape index (κ1) is 20.5. The molecule has 4 heteroatoms. The second kappa shape index (κ2) is 8.97. The fraction of sp³-hybridized carbons (Fsp3) is 0.444. The predicted octanol–water partition coefficient (Wildman–Crippen LogP) is 5.19. The van der Waals surface area contributed by atoms with Crippen molar-refractivity contribution in [2.24, 2.45) is 11.8 Å². The first-order valence-electron chi connectivity index (χ1n) is 11.7. The van der Waals surface area contributed by atoms with Gasteiger partial charge >= 0.3 is 0 Å². The van der Waals surface area contributed by atoms with Gasteiger partial charge in [-0.05, 0) is 66.6 Å². The maximum Gasteiger partial charge on any atom is 0.119 e. The van der Waals surface area contributed by atoms with Crippen molar-refractivity contribution in [2.75, 3.05) is 20.2 Å². The molecule has 3 aliphatic rings. The van der Waals surface area contributed by atoms with E-state index < -0.39 is 0 Å². The third-order valence-corrected chi connectivity index (χ3v) is 7.53. The molecule has 2 aromatic carbocycles. The topological polar surface area (TPSA) is 37.4 Å². The second-order valence-electron chi connectivity index (χ2n) is 9.14. The molecule has 3 aliphatic heterocycles.